The first-order valence-electron chi connectivity index (χ1n) is 6.21. The number of carboxylic acids is 1. The van der Waals surface area contributed by atoms with Gasteiger partial charge in [0.25, 0.3) is 0 Å². The van der Waals surface area contributed by atoms with Crippen molar-refractivity contribution in [1.29, 1.82) is 0 Å². The van der Waals surface area contributed by atoms with Crippen LogP contribution in [-0.2, 0) is 0 Å². The summed E-state index contributed by atoms with van der Waals surface area (Å²) in [6.07, 6.45) is 4.26. The topological polar surface area (TPSA) is 49.7 Å². The Bertz CT molecular complexity index is 512. The maximum atomic E-state index is 10.8. The molecule has 0 aliphatic carbocycles. The van der Waals surface area contributed by atoms with Gasteiger partial charge in [-0.05, 0) is 37.5 Å². The molecule has 0 aromatic heterocycles. The number of aromatic carboxylic acids is 1. The number of hydrogen-bond donors (Lipinski definition) is 1. The maximum Gasteiger partial charge on any atom is 0.335 e. The van der Waals surface area contributed by atoms with Crippen LogP contribution in [0.25, 0.3) is 5.70 Å². The lowest BCUT2D eigenvalue weighted by atomic mass is 9.93. The lowest BCUT2D eigenvalue weighted by Crippen LogP contribution is -2.12. The zero-order valence-corrected chi connectivity index (χ0v) is 10.7. The van der Waals surface area contributed by atoms with E-state index in [-0.39, 0.29) is 0 Å². The van der Waals surface area contributed by atoms with E-state index in [2.05, 4.69) is 24.9 Å². The number of benzene rings is 1. The zero-order valence-electron chi connectivity index (χ0n) is 10.7. The van der Waals surface area contributed by atoms with Gasteiger partial charge in [0.2, 0.25) is 0 Å². The minimum absolute atomic E-state index is 0.308. The highest BCUT2D eigenvalue weighted by molar-refractivity contribution is 5.92. The average Bonchev–Trinajstić information content (AvgIpc) is 2.38. The van der Waals surface area contributed by atoms with Crippen LogP contribution in [0.1, 0.15) is 42.6 Å². The zero-order chi connectivity index (χ0) is 13.1. The van der Waals surface area contributed by atoms with E-state index >= 15 is 0 Å². The first kappa shape index (κ1) is 12.6. The van der Waals surface area contributed by atoms with Crippen molar-refractivity contribution in [3.63, 3.8) is 0 Å². The van der Waals surface area contributed by atoms with Crippen LogP contribution >= 0.6 is 0 Å². The number of carbonyl (C=O) groups is 1. The molecule has 0 spiro atoms. The quantitative estimate of drug-likeness (QED) is 0.881. The van der Waals surface area contributed by atoms with Crippen molar-refractivity contribution >= 4 is 17.4 Å². The van der Waals surface area contributed by atoms with E-state index in [0.717, 1.165) is 29.8 Å². The van der Waals surface area contributed by atoms with Crippen molar-refractivity contribution < 1.29 is 9.90 Å². The third-order valence-electron chi connectivity index (χ3n) is 3.40. The summed E-state index contributed by atoms with van der Waals surface area (Å²) in [6, 6.07) is 6.88. The Morgan fingerprint density at radius 3 is 2.56 bits per heavy atom. The van der Waals surface area contributed by atoms with Crippen molar-refractivity contribution in [3.05, 3.63) is 41.5 Å². The molecule has 1 aliphatic heterocycles. The van der Waals surface area contributed by atoms with Crippen LogP contribution in [0.3, 0.4) is 0 Å². The second-order valence-electron chi connectivity index (χ2n) is 4.57. The van der Waals surface area contributed by atoms with Gasteiger partial charge in [-0.15, -0.1) is 0 Å². The van der Waals surface area contributed by atoms with Gasteiger partial charge in [0.05, 0.1) is 11.3 Å². The molecule has 1 aromatic rings. The first-order valence-corrected chi connectivity index (χ1v) is 6.21. The average molecular weight is 243 g/mol. The third kappa shape index (κ3) is 2.50. The van der Waals surface area contributed by atoms with E-state index in [1.54, 1.807) is 12.1 Å². The number of allylic oxidation sites excluding steroid dienone is 1. The molecule has 1 N–H and O–H groups in total. The molecular formula is C15H17NO2. The molecule has 0 fully saturated rings. The van der Waals surface area contributed by atoms with Gasteiger partial charge in [-0.3, -0.25) is 4.99 Å². The number of nitrogens with zero attached hydrogens (tertiary/aromatic N) is 1. The van der Waals surface area contributed by atoms with Crippen molar-refractivity contribution in [2.75, 3.05) is 0 Å². The van der Waals surface area contributed by atoms with Gasteiger partial charge in [0.15, 0.2) is 0 Å². The summed E-state index contributed by atoms with van der Waals surface area (Å²) in [4.78, 5) is 15.4. The fourth-order valence-electron chi connectivity index (χ4n) is 2.18. The summed E-state index contributed by atoms with van der Waals surface area (Å²) in [5, 5.41) is 8.85. The predicted molar refractivity (Wildman–Crippen MR) is 72.9 cm³/mol. The molecule has 0 saturated carbocycles. The minimum atomic E-state index is -0.898. The largest absolute Gasteiger partial charge is 0.478 e. The molecule has 0 amide bonds. The van der Waals surface area contributed by atoms with Crippen LogP contribution in [0.15, 0.2) is 35.3 Å². The van der Waals surface area contributed by atoms with Crippen LogP contribution in [0, 0.1) is 5.92 Å². The van der Waals surface area contributed by atoms with E-state index < -0.39 is 5.97 Å². The van der Waals surface area contributed by atoms with Gasteiger partial charge in [-0.25, -0.2) is 4.79 Å². The summed E-state index contributed by atoms with van der Waals surface area (Å²) in [6.45, 7) is 4.23. The van der Waals surface area contributed by atoms with E-state index in [1.807, 2.05) is 12.1 Å². The molecule has 2 rings (SSSR count). The van der Waals surface area contributed by atoms with Crippen LogP contribution in [0.5, 0.6) is 0 Å². The highest BCUT2D eigenvalue weighted by Crippen LogP contribution is 2.26. The molecule has 3 heteroatoms. The minimum Gasteiger partial charge on any atom is -0.478 e. The number of hydrogen-bond acceptors (Lipinski definition) is 2. The second kappa shape index (κ2) is 5.17. The molecule has 1 aromatic carbocycles. The Labute approximate surface area is 107 Å². The molecule has 3 nitrogen and oxygen atoms in total. The number of carboxylic acid groups (broad SMARTS) is 1. The molecule has 1 aliphatic rings. The normalized spacial score (nSPS) is 19.1. The van der Waals surface area contributed by atoms with Gasteiger partial charge >= 0.3 is 5.97 Å². The number of aliphatic imine (C=N–C) groups is 1. The Kier molecular flexibility index (Phi) is 3.60. The van der Waals surface area contributed by atoms with Gasteiger partial charge in [-0.1, -0.05) is 25.1 Å². The van der Waals surface area contributed by atoms with Crippen molar-refractivity contribution in [3.8, 4) is 0 Å². The van der Waals surface area contributed by atoms with Crippen LogP contribution in [0.2, 0.25) is 0 Å². The molecule has 1 atom stereocenters. The Morgan fingerprint density at radius 1 is 1.39 bits per heavy atom. The van der Waals surface area contributed by atoms with E-state index in [1.165, 1.54) is 0 Å². The maximum absolute atomic E-state index is 10.8. The fraction of sp³-hybridized carbons (Fsp3) is 0.333. The monoisotopic (exact) mass is 243 g/mol. The molecule has 1 unspecified atom stereocenters. The molecular weight excluding hydrogens is 226 g/mol. The van der Waals surface area contributed by atoms with Gasteiger partial charge in [-0.2, -0.15) is 0 Å². The lowest BCUT2D eigenvalue weighted by molar-refractivity contribution is 0.0697. The lowest BCUT2D eigenvalue weighted by Gasteiger charge is -2.18. The van der Waals surface area contributed by atoms with Crippen LogP contribution < -0.4 is 0 Å². The highest BCUT2D eigenvalue weighted by atomic mass is 16.4. The highest BCUT2D eigenvalue weighted by Gasteiger charge is 2.15. The molecule has 94 valence electrons. The van der Waals surface area contributed by atoms with E-state index in [0.29, 0.717) is 11.5 Å². The first-order chi connectivity index (χ1) is 8.61. The SMILES string of the molecule is CCC1CC=C(c2ccc(C(=O)O)cc2)N=C1C. The van der Waals surface area contributed by atoms with Crippen molar-refractivity contribution in [2.24, 2.45) is 10.9 Å². The van der Waals surface area contributed by atoms with E-state index in [4.69, 9.17) is 5.11 Å². The summed E-state index contributed by atoms with van der Waals surface area (Å²) in [5.74, 6) is -0.350. The standard InChI is InChI=1S/C15H17NO2/c1-3-11-8-9-14(16-10(11)2)12-4-6-13(7-5-12)15(17)18/h4-7,9,11H,3,8H2,1-2H3,(H,17,18). The van der Waals surface area contributed by atoms with E-state index in [9.17, 15) is 4.79 Å². The van der Waals surface area contributed by atoms with Gasteiger partial charge in [0, 0.05) is 11.6 Å². The smallest absolute Gasteiger partial charge is 0.335 e. The summed E-state index contributed by atoms with van der Waals surface area (Å²) in [5.41, 5.74) is 3.41. The second-order valence-corrected chi connectivity index (χ2v) is 4.57. The van der Waals surface area contributed by atoms with Crippen molar-refractivity contribution in [1.82, 2.24) is 0 Å². The van der Waals surface area contributed by atoms with Gasteiger partial charge < -0.3 is 5.11 Å². The molecule has 1 heterocycles. The third-order valence-corrected chi connectivity index (χ3v) is 3.40. The molecule has 18 heavy (non-hydrogen) atoms. The van der Waals surface area contributed by atoms with Crippen LogP contribution in [-0.4, -0.2) is 16.8 Å². The predicted octanol–water partition coefficient (Wildman–Crippen LogP) is 3.62. The molecule has 0 radical (unpaired) electrons. The van der Waals surface area contributed by atoms with Gasteiger partial charge in [0.1, 0.15) is 0 Å². The molecule has 0 saturated heterocycles. The number of rotatable bonds is 3. The summed E-state index contributed by atoms with van der Waals surface area (Å²) in [7, 11) is 0. The molecule has 0 bridgehead atoms. The fourth-order valence-corrected chi connectivity index (χ4v) is 2.18. The Morgan fingerprint density at radius 2 is 2.06 bits per heavy atom. The summed E-state index contributed by atoms with van der Waals surface area (Å²) >= 11 is 0. The Hall–Kier alpha value is -1.90. The Balaban J connectivity index is 2.23. The van der Waals surface area contributed by atoms with Crippen molar-refractivity contribution in [2.45, 2.75) is 26.7 Å². The summed E-state index contributed by atoms with van der Waals surface area (Å²) < 4.78 is 0. The van der Waals surface area contributed by atoms with Crippen LogP contribution in [0.4, 0.5) is 0 Å².